The standard InChI is InChI=1S/C14H28N4O3/c1-4-17(5-2)13(19)10-16-6-8-18(9-7-16)14(20)12(15)11-21-3/h12H,4-11,15H2,1-3H3. The van der Waals surface area contributed by atoms with Crippen molar-refractivity contribution in [1.29, 1.82) is 0 Å². The quantitative estimate of drug-likeness (QED) is 0.650. The second kappa shape index (κ2) is 8.96. The normalized spacial score (nSPS) is 17.6. The summed E-state index contributed by atoms with van der Waals surface area (Å²) >= 11 is 0. The van der Waals surface area contributed by atoms with E-state index in [0.717, 1.165) is 13.1 Å². The minimum atomic E-state index is -0.598. The molecule has 1 saturated heterocycles. The highest BCUT2D eigenvalue weighted by atomic mass is 16.5. The third-order valence-electron chi connectivity index (χ3n) is 3.82. The third kappa shape index (κ3) is 5.26. The monoisotopic (exact) mass is 300 g/mol. The van der Waals surface area contributed by atoms with Crippen LogP contribution >= 0.6 is 0 Å². The van der Waals surface area contributed by atoms with Crippen molar-refractivity contribution in [3.8, 4) is 0 Å². The van der Waals surface area contributed by atoms with Gasteiger partial charge >= 0.3 is 0 Å². The molecule has 0 aromatic carbocycles. The predicted molar refractivity (Wildman–Crippen MR) is 80.8 cm³/mol. The highest BCUT2D eigenvalue weighted by molar-refractivity contribution is 5.82. The van der Waals surface area contributed by atoms with Crippen LogP contribution in [0.15, 0.2) is 0 Å². The van der Waals surface area contributed by atoms with Crippen molar-refractivity contribution in [1.82, 2.24) is 14.7 Å². The number of nitrogens with two attached hydrogens (primary N) is 1. The van der Waals surface area contributed by atoms with E-state index in [0.29, 0.717) is 32.7 Å². The molecule has 0 spiro atoms. The number of carbonyl (C=O) groups excluding carboxylic acids is 2. The molecule has 2 amide bonds. The van der Waals surface area contributed by atoms with Gasteiger partial charge in [-0.25, -0.2) is 0 Å². The summed E-state index contributed by atoms with van der Waals surface area (Å²) in [5.41, 5.74) is 5.76. The highest BCUT2D eigenvalue weighted by Gasteiger charge is 2.26. The number of nitrogens with zero attached hydrogens (tertiary/aromatic N) is 3. The Kier molecular flexibility index (Phi) is 7.63. The van der Waals surface area contributed by atoms with Crippen molar-refractivity contribution >= 4 is 11.8 Å². The zero-order valence-electron chi connectivity index (χ0n) is 13.4. The summed E-state index contributed by atoms with van der Waals surface area (Å²) < 4.78 is 4.91. The lowest BCUT2D eigenvalue weighted by Crippen LogP contribution is -2.55. The maximum atomic E-state index is 12.0. The first-order valence-corrected chi connectivity index (χ1v) is 7.56. The predicted octanol–water partition coefficient (Wildman–Crippen LogP) is -1.03. The average molecular weight is 300 g/mol. The van der Waals surface area contributed by atoms with Gasteiger partial charge in [-0.3, -0.25) is 14.5 Å². The van der Waals surface area contributed by atoms with Crippen molar-refractivity contribution in [3.05, 3.63) is 0 Å². The fourth-order valence-electron chi connectivity index (χ4n) is 2.48. The van der Waals surface area contributed by atoms with Crippen molar-refractivity contribution in [2.75, 3.05) is 59.5 Å². The van der Waals surface area contributed by atoms with Gasteiger partial charge < -0.3 is 20.3 Å². The van der Waals surface area contributed by atoms with E-state index in [-0.39, 0.29) is 18.4 Å². The fourth-order valence-corrected chi connectivity index (χ4v) is 2.48. The molecule has 1 heterocycles. The molecule has 1 rings (SSSR count). The van der Waals surface area contributed by atoms with E-state index in [4.69, 9.17) is 10.5 Å². The van der Waals surface area contributed by atoms with E-state index >= 15 is 0 Å². The Bertz CT molecular complexity index is 339. The van der Waals surface area contributed by atoms with Gasteiger partial charge in [-0.1, -0.05) is 0 Å². The van der Waals surface area contributed by atoms with Gasteiger partial charge in [0, 0.05) is 46.4 Å². The van der Waals surface area contributed by atoms with Gasteiger partial charge in [-0.2, -0.15) is 0 Å². The van der Waals surface area contributed by atoms with E-state index in [1.54, 1.807) is 4.90 Å². The number of likely N-dealkylation sites (N-methyl/N-ethyl adjacent to an activating group) is 1. The van der Waals surface area contributed by atoms with Crippen LogP contribution in [0.25, 0.3) is 0 Å². The summed E-state index contributed by atoms with van der Waals surface area (Å²) in [6.45, 7) is 8.73. The van der Waals surface area contributed by atoms with Crippen LogP contribution in [0.2, 0.25) is 0 Å². The summed E-state index contributed by atoms with van der Waals surface area (Å²) in [5, 5.41) is 0. The van der Waals surface area contributed by atoms with Crippen LogP contribution in [-0.4, -0.2) is 92.1 Å². The number of methoxy groups -OCH3 is 1. The summed E-state index contributed by atoms with van der Waals surface area (Å²) in [4.78, 5) is 29.8. The van der Waals surface area contributed by atoms with Crippen molar-refractivity contribution < 1.29 is 14.3 Å². The maximum Gasteiger partial charge on any atom is 0.241 e. The minimum Gasteiger partial charge on any atom is -0.383 e. The van der Waals surface area contributed by atoms with Crippen LogP contribution in [0.4, 0.5) is 0 Å². The summed E-state index contributed by atoms with van der Waals surface area (Å²) in [7, 11) is 1.53. The molecule has 1 fully saturated rings. The molecule has 7 nitrogen and oxygen atoms in total. The second-order valence-corrected chi connectivity index (χ2v) is 5.23. The maximum absolute atomic E-state index is 12.0. The van der Waals surface area contributed by atoms with Gasteiger partial charge in [0.15, 0.2) is 0 Å². The molecule has 21 heavy (non-hydrogen) atoms. The number of carbonyl (C=O) groups is 2. The SMILES string of the molecule is CCN(CC)C(=O)CN1CCN(C(=O)C(N)COC)CC1. The Morgan fingerprint density at radius 3 is 2.24 bits per heavy atom. The molecule has 0 bridgehead atoms. The van der Waals surface area contributed by atoms with Gasteiger partial charge in [0.05, 0.1) is 13.2 Å². The van der Waals surface area contributed by atoms with Gasteiger partial charge in [0.2, 0.25) is 11.8 Å². The lowest BCUT2D eigenvalue weighted by Gasteiger charge is -2.36. The molecule has 1 atom stereocenters. The van der Waals surface area contributed by atoms with Crippen LogP contribution in [0, 0.1) is 0 Å². The molecule has 1 aliphatic rings. The first-order valence-electron chi connectivity index (χ1n) is 7.56. The van der Waals surface area contributed by atoms with Crippen molar-refractivity contribution in [3.63, 3.8) is 0 Å². The van der Waals surface area contributed by atoms with E-state index in [2.05, 4.69) is 4.90 Å². The number of amides is 2. The zero-order chi connectivity index (χ0) is 15.8. The zero-order valence-corrected chi connectivity index (χ0v) is 13.4. The molecule has 0 aromatic rings. The molecular formula is C14H28N4O3. The number of piperazine rings is 1. The van der Waals surface area contributed by atoms with E-state index in [9.17, 15) is 9.59 Å². The van der Waals surface area contributed by atoms with Crippen LogP contribution in [0.1, 0.15) is 13.8 Å². The third-order valence-corrected chi connectivity index (χ3v) is 3.82. The lowest BCUT2D eigenvalue weighted by atomic mass is 10.2. The van der Waals surface area contributed by atoms with Crippen molar-refractivity contribution in [2.24, 2.45) is 5.73 Å². The Morgan fingerprint density at radius 1 is 1.19 bits per heavy atom. The summed E-state index contributed by atoms with van der Waals surface area (Å²) in [5.74, 6) is 0.0717. The van der Waals surface area contributed by atoms with E-state index in [1.807, 2.05) is 18.7 Å². The Morgan fingerprint density at radius 2 is 1.76 bits per heavy atom. The molecule has 7 heteroatoms. The number of ether oxygens (including phenoxy) is 1. The van der Waals surface area contributed by atoms with Crippen LogP contribution in [0.5, 0.6) is 0 Å². The second-order valence-electron chi connectivity index (χ2n) is 5.23. The number of hydrogen-bond acceptors (Lipinski definition) is 5. The Balaban J connectivity index is 2.38. The molecule has 0 saturated carbocycles. The Labute approximate surface area is 127 Å². The van der Waals surface area contributed by atoms with E-state index < -0.39 is 6.04 Å². The molecule has 1 aliphatic heterocycles. The van der Waals surface area contributed by atoms with Gasteiger partial charge in [0.25, 0.3) is 0 Å². The molecule has 0 aliphatic carbocycles. The average Bonchev–Trinajstić information content (AvgIpc) is 2.48. The van der Waals surface area contributed by atoms with E-state index in [1.165, 1.54) is 7.11 Å². The van der Waals surface area contributed by atoms with Gasteiger partial charge in [-0.15, -0.1) is 0 Å². The summed E-state index contributed by atoms with van der Waals surface area (Å²) in [6.07, 6.45) is 0. The van der Waals surface area contributed by atoms with Crippen LogP contribution in [-0.2, 0) is 14.3 Å². The van der Waals surface area contributed by atoms with Crippen LogP contribution in [0.3, 0.4) is 0 Å². The largest absolute Gasteiger partial charge is 0.383 e. The molecule has 2 N–H and O–H groups in total. The smallest absolute Gasteiger partial charge is 0.241 e. The van der Waals surface area contributed by atoms with Gasteiger partial charge in [-0.05, 0) is 13.8 Å². The first kappa shape index (κ1) is 17.9. The topological polar surface area (TPSA) is 79.1 Å². The van der Waals surface area contributed by atoms with Crippen LogP contribution < -0.4 is 5.73 Å². The van der Waals surface area contributed by atoms with Gasteiger partial charge in [0.1, 0.15) is 6.04 Å². The summed E-state index contributed by atoms with van der Waals surface area (Å²) in [6, 6.07) is -0.598. The number of rotatable bonds is 7. The highest BCUT2D eigenvalue weighted by Crippen LogP contribution is 2.04. The lowest BCUT2D eigenvalue weighted by molar-refractivity contribution is -0.136. The number of hydrogen-bond donors (Lipinski definition) is 1. The molecular weight excluding hydrogens is 272 g/mol. The molecule has 0 aromatic heterocycles. The fraction of sp³-hybridized carbons (Fsp3) is 0.857. The Hall–Kier alpha value is -1.18. The minimum absolute atomic E-state index is 0.0773. The molecule has 122 valence electrons. The first-order chi connectivity index (χ1) is 10.0. The van der Waals surface area contributed by atoms with Crippen molar-refractivity contribution in [2.45, 2.75) is 19.9 Å². The molecule has 1 unspecified atom stereocenters. The molecule has 0 radical (unpaired) electrons.